The third-order valence-corrected chi connectivity index (χ3v) is 4.61. The van der Waals surface area contributed by atoms with E-state index < -0.39 is 23.3 Å². The molecular weight excluding hydrogens is 377 g/mol. The number of hydrogen-bond acceptors (Lipinski definition) is 5. The van der Waals surface area contributed by atoms with Gasteiger partial charge in [0.1, 0.15) is 5.60 Å². The zero-order valence-corrected chi connectivity index (χ0v) is 16.8. The zero-order valence-electron chi connectivity index (χ0n) is 16.8. The van der Waals surface area contributed by atoms with Crippen molar-refractivity contribution in [2.45, 2.75) is 44.9 Å². The summed E-state index contributed by atoms with van der Waals surface area (Å²) in [6, 6.07) is 6.82. The number of carbonyl (C=O) groups excluding carboxylic acids is 2. The molecule has 1 fully saturated rings. The van der Waals surface area contributed by atoms with Gasteiger partial charge in [0.25, 0.3) is 5.91 Å². The third-order valence-electron chi connectivity index (χ3n) is 4.61. The number of H-pyrrole nitrogens is 1. The van der Waals surface area contributed by atoms with Gasteiger partial charge < -0.3 is 20.7 Å². The Balaban J connectivity index is 1.74. The fourth-order valence-electron chi connectivity index (χ4n) is 3.16. The van der Waals surface area contributed by atoms with Crippen LogP contribution < -0.4 is 11.1 Å². The highest BCUT2D eigenvalue weighted by Gasteiger charge is 2.45. The number of nitrogens with zero attached hydrogens (tertiary/aromatic N) is 2. The number of anilines is 2. The minimum Gasteiger partial charge on any atom is -0.444 e. The van der Waals surface area contributed by atoms with E-state index >= 15 is 4.39 Å². The molecule has 1 aliphatic heterocycles. The molecule has 8 nitrogen and oxygen atoms in total. The molecule has 0 radical (unpaired) electrons. The van der Waals surface area contributed by atoms with E-state index in [9.17, 15) is 9.59 Å². The molecule has 156 valence electrons. The summed E-state index contributed by atoms with van der Waals surface area (Å²) in [7, 11) is 0. The van der Waals surface area contributed by atoms with Gasteiger partial charge in [-0.1, -0.05) is 6.07 Å². The predicted octanol–water partition coefficient (Wildman–Crippen LogP) is 3.34. The fourth-order valence-corrected chi connectivity index (χ4v) is 3.16. The molecule has 0 saturated carbocycles. The van der Waals surface area contributed by atoms with E-state index in [4.69, 9.17) is 10.5 Å². The summed E-state index contributed by atoms with van der Waals surface area (Å²) < 4.78 is 20.8. The van der Waals surface area contributed by atoms with E-state index in [1.54, 1.807) is 51.2 Å². The molecule has 29 heavy (non-hydrogen) atoms. The largest absolute Gasteiger partial charge is 0.444 e. The molecule has 2 amide bonds. The minimum absolute atomic E-state index is 0.0122. The lowest BCUT2D eigenvalue weighted by Gasteiger charge is -2.37. The van der Waals surface area contributed by atoms with Crippen LogP contribution in [0.1, 0.15) is 33.6 Å². The van der Waals surface area contributed by atoms with Crippen LogP contribution in [0.5, 0.6) is 0 Å². The number of rotatable bonds is 3. The molecule has 4 N–H and O–H groups in total. The average Bonchev–Trinajstić information content (AvgIpc) is 3.17. The number of likely N-dealkylation sites (tertiary alicyclic amines) is 1. The molecule has 1 aromatic carbocycles. The second-order valence-corrected chi connectivity index (χ2v) is 8.20. The van der Waals surface area contributed by atoms with Crippen LogP contribution in [-0.4, -0.2) is 51.5 Å². The monoisotopic (exact) mass is 403 g/mol. The van der Waals surface area contributed by atoms with Crippen molar-refractivity contribution >= 4 is 23.4 Å². The summed E-state index contributed by atoms with van der Waals surface area (Å²) in [5.74, 6) is -0.834. The van der Waals surface area contributed by atoms with E-state index in [-0.39, 0.29) is 13.0 Å². The number of benzene rings is 1. The molecule has 1 saturated heterocycles. The lowest BCUT2D eigenvalue weighted by molar-refractivity contribution is -0.130. The molecule has 0 bridgehead atoms. The van der Waals surface area contributed by atoms with E-state index in [0.717, 1.165) is 11.3 Å². The third kappa shape index (κ3) is 4.85. The number of carbonyl (C=O) groups is 2. The molecule has 1 atom stereocenters. The summed E-state index contributed by atoms with van der Waals surface area (Å²) >= 11 is 0. The van der Waals surface area contributed by atoms with Crippen LogP contribution in [0.3, 0.4) is 0 Å². The first kappa shape index (κ1) is 20.6. The summed E-state index contributed by atoms with van der Waals surface area (Å²) in [5.41, 5.74) is 5.13. The molecule has 0 spiro atoms. The average molecular weight is 403 g/mol. The SMILES string of the molecule is CC(C)(C)OC(=O)N1CCCC(F)(C(=O)Nc2cc(-c3ccn[nH]3)ccc2N)C1. The standard InChI is InChI=1S/C20H26FN5O3/c1-19(2,3)29-18(28)26-10-4-8-20(21,12-26)17(27)24-16-11-13(5-6-14(16)22)15-7-9-23-25-15/h5-7,9,11H,4,8,10,12,22H2,1-3H3,(H,23,25)(H,24,27). The van der Waals surface area contributed by atoms with Gasteiger partial charge in [-0.05, 0) is 51.8 Å². The van der Waals surface area contributed by atoms with Crippen molar-refractivity contribution < 1.29 is 18.7 Å². The lowest BCUT2D eigenvalue weighted by Crippen LogP contribution is -2.54. The molecule has 9 heteroatoms. The highest BCUT2D eigenvalue weighted by atomic mass is 19.1. The quantitative estimate of drug-likeness (QED) is 0.680. The molecule has 1 aliphatic rings. The maximum atomic E-state index is 15.5. The van der Waals surface area contributed by atoms with Crippen molar-refractivity contribution in [3.63, 3.8) is 0 Å². The summed E-state index contributed by atoms with van der Waals surface area (Å²) in [4.78, 5) is 26.3. The number of nitrogen functional groups attached to an aromatic ring is 1. The van der Waals surface area contributed by atoms with Crippen molar-refractivity contribution in [3.8, 4) is 11.3 Å². The number of amides is 2. The van der Waals surface area contributed by atoms with Crippen molar-refractivity contribution in [3.05, 3.63) is 30.5 Å². The van der Waals surface area contributed by atoms with Gasteiger partial charge in [0.15, 0.2) is 0 Å². The summed E-state index contributed by atoms with van der Waals surface area (Å²) in [6.07, 6.45) is 1.34. The molecule has 1 unspecified atom stereocenters. The van der Waals surface area contributed by atoms with Gasteiger partial charge in [-0.15, -0.1) is 0 Å². The highest BCUT2D eigenvalue weighted by Crippen LogP contribution is 2.31. The van der Waals surface area contributed by atoms with Gasteiger partial charge in [-0.2, -0.15) is 5.10 Å². The Bertz CT molecular complexity index is 894. The number of nitrogens with two attached hydrogens (primary N) is 1. The topological polar surface area (TPSA) is 113 Å². The van der Waals surface area contributed by atoms with Crippen molar-refractivity contribution in [1.82, 2.24) is 15.1 Å². The maximum Gasteiger partial charge on any atom is 0.410 e. The van der Waals surface area contributed by atoms with Crippen molar-refractivity contribution in [2.24, 2.45) is 0 Å². The van der Waals surface area contributed by atoms with Gasteiger partial charge >= 0.3 is 6.09 Å². The Morgan fingerprint density at radius 2 is 2.10 bits per heavy atom. The number of aromatic amines is 1. The first-order valence-corrected chi connectivity index (χ1v) is 9.45. The van der Waals surface area contributed by atoms with Crippen LogP contribution in [0.4, 0.5) is 20.6 Å². The van der Waals surface area contributed by atoms with Crippen LogP contribution in [0.15, 0.2) is 30.5 Å². The van der Waals surface area contributed by atoms with Gasteiger partial charge in [0, 0.05) is 18.3 Å². The first-order chi connectivity index (χ1) is 13.6. The molecule has 0 aliphatic carbocycles. The second kappa shape index (κ2) is 7.73. The van der Waals surface area contributed by atoms with Crippen LogP contribution >= 0.6 is 0 Å². The number of hydrogen-bond donors (Lipinski definition) is 3. The smallest absolute Gasteiger partial charge is 0.410 e. The number of halogens is 1. The van der Waals surface area contributed by atoms with Crippen molar-refractivity contribution in [1.29, 1.82) is 0 Å². The Morgan fingerprint density at radius 3 is 2.76 bits per heavy atom. The van der Waals surface area contributed by atoms with Crippen LogP contribution in [0.25, 0.3) is 11.3 Å². The molecule has 2 heterocycles. The second-order valence-electron chi connectivity index (χ2n) is 8.20. The maximum absolute atomic E-state index is 15.5. The number of ether oxygens (including phenoxy) is 1. The molecule has 2 aromatic rings. The van der Waals surface area contributed by atoms with Crippen LogP contribution in [-0.2, 0) is 9.53 Å². The first-order valence-electron chi connectivity index (χ1n) is 9.45. The van der Waals surface area contributed by atoms with Crippen LogP contribution in [0, 0.1) is 0 Å². The molecular formula is C20H26FN5O3. The van der Waals surface area contributed by atoms with E-state index in [1.807, 2.05) is 0 Å². The van der Waals surface area contributed by atoms with E-state index in [2.05, 4.69) is 15.5 Å². The number of alkyl halides is 1. The number of aromatic nitrogens is 2. The lowest BCUT2D eigenvalue weighted by atomic mass is 9.93. The van der Waals surface area contributed by atoms with Crippen LogP contribution in [0.2, 0.25) is 0 Å². The summed E-state index contributed by atoms with van der Waals surface area (Å²) in [5, 5.41) is 9.30. The Labute approximate surface area is 168 Å². The zero-order chi connectivity index (χ0) is 21.2. The molecule has 3 rings (SSSR count). The minimum atomic E-state index is -2.23. The van der Waals surface area contributed by atoms with Gasteiger partial charge in [0.2, 0.25) is 5.67 Å². The van der Waals surface area contributed by atoms with Crippen molar-refractivity contribution in [2.75, 3.05) is 24.1 Å². The number of nitrogens with one attached hydrogen (secondary N) is 2. The Kier molecular flexibility index (Phi) is 5.50. The highest BCUT2D eigenvalue weighted by molar-refractivity contribution is 6.00. The Hall–Kier alpha value is -3.10. The number of piperidine rings is 1. The van der Waals surface area contributed by atoms with Gasteiger partial charge in [-0.3, -0.25) is 9.89 Å². The summed E-state index contributed by atoms with van der Waals surface area (Å²) in [6.45, 7) is 5.18. The van der Waals surface area contributed by atoms with Gasteiger partial charge in [0.05, 0.1) is 23.6 Å². The van der Waals surface area contributed by atoms with E-state index in [1.165, 1.54) is 4.90 Å². The fraction of sp³-hybridized carbons (Fsp3) is 0.450. The predicted molar refractivity (Wildman–Crippen MR) is 108 cm³/mol. The Morgan fingerprint density at radius 1 is 1.34 bits per heavy atom. The van der Waals surface area contributed by atoms with Gasteiger partial charge in [-0.25, -0.2) is 9.18 Å². The normalized spacial score (nSPS) is 19.7. The van der Waals surface area contributed by atoms with E-state index in [0.29, 0.717) is 24.3 Å². The molecule has 1 aromatic heterocycles.